The van der Waals surface area contributed by atoms with Crippen LogP contribution in [0.1, 0.15) is 0 Å². The highest BCUT2D eigenvalue weighted by atomic mass is 35.5. The number of carbonyl (C=O) groups excluding carboxylic acids is 1. The first-order valence-electron chi connectivity index (χ1n) is 2.89. The summed E-state index contributed by atoms with van der Waals surface area (Å²) < 4.78 is 61.7. The molecule has 0 bridgehead atoms. The van der Waals surface area contributed by atoms with Crippen molar-refractivity contribution in [1.82, 2.24) is 0 Å². The van der Waals surface area contributed by atoms with Crippen LogP contribution in [0.15, 0.2) is 0 Å². The van der Waals surface area contributed by atoms with Crippen molar-refractivity contribution in [2.45, 2.75) is 18.7 Å². The number of carbonyl (C=O) groups is 1. The van der Waals surface area contributed by atoms with Crippen LogP contribution in [0.3, 0.4) is 0 Å². The van der Waals surface area contributed by atoms with Gasteiger partial charge in [-0.3, -0.25) is 4.79 Å². The number of hydrogen-bond donors (Lipinski definition) is 0. The molecule has 0 saturated heterocycles. The summed E-state index contributed by atoms with van der Waals surface area (Å²) in [5.41, 5.74) is 0. The molecule has 1 atom stereocenters. The molecule has 0 aromatic carbocycles. The molecule has 0 spiro atoms. The van der Waals surface area contributed by atoms with E-state index in [1.165, 1.54) is 0 Å². The molecule has 13 heavy (non-hydrogen) atoms. The van der Waals surface area contributed by atoms with Crippen LogP contribution in [0, 0.1) is 0 Å². The van der Waals surface area contributed by atoms with Crippen molar-refractivity contribution in [3.8, 4) is 0 Å². The molecular formula is C5H4ClF5O2. The summed E-state index contributed by atoms with van der Waals surface area (Å²) in [5.74, 6) is -2.44. The normalized spacial score (nSPS) is 14.4. The summed E-state index contributed by atoms with van der Waals surface area (Å²) in [6.45, 7) is 0. The quantitative estimate of drug-likeness (QED) is 0.418. The van der Waals surface area contributed by atoms with E-state index in [1.807, 2.05) is 0 Å². The van der Waals surface area contributed by atoms with E-state index in [1.54, 1.807) is 0 Å². The van der Waals surface area contributed by atoms with E-state index < -0.39 is 30.6 Å². The van der Waals surface area contributed by atoms with E-state index in [9.17, 15) is 26.7 Å². The van der Waals surface area contributed by atoms with Crippen LogP contribution in [0.5, 0.6) is 0 Å². The lowest BCUT2D eigenvalue weighted by atomic mass is 10.3. The Bertz CT molecular complexity index is 180. The van der Waals surface area contributed by atoms with Crippen molar-refractivity contribution < 1.29 is 31.5 Å². The zero-order valence-corrected chi connectivity index (χ0v) is 6.70. The van der Waals surface area contributed by atoms with Crippen LogP contribution in [0.2, 0.25) is 0 Å². The average molecular weight is 227 g/mol. The van der Waals surface area contributed by atoms with Gasteiger partial charge in [-0.15, -0.1) is 11.6 Å². The molecule has 0 heterocycles. The van der Waals surface area contributed by atoms with Crippen LogP contribution in [0.25, 0.3) is 0 Å². The van der Waals surface area contributed by atoms with Crippen molar-refractivity contribution >= 4 is 17.6 Å². The van der Waals surface area contributed by atoms with E-state index >= 15 is 0 Å². The van der Waals surface area contributed by atoms with Gasteiger partial charge in [0, 0.05) is 0 Å². The van der Waals surface area contributed by atoms with Crippen molar-refractivity contribution in [3.63, 3.8) is 0 Å². The molecule has 2 nitrogen and oxygen atoms in total. The fourth-order valence-electron chi connectivity index (χ4n) is 0.434. The largest absolute Gasteiger partial charge is 0.446 e. The Morgan fingerprint density at radius 3 is 2.08 bits per heavy atom. The first-order valence-corrected chi connectivity index (χ1v) is 3.42. The summed E-state index contributed by atoms with van der Waals surface area (Å²) >= 11 is 4.76. The van der Waals surface area contributed by atoms with Gasteiger partial charge in [-0.25, -0.2) is 8.78 Å². The Kier molecular flexibility index (Phi) is 4.38. The Morgan fingerprint density at radius 1 is 1.38 bits per heavy atom. The highest BCUT2D eigenvalue weighted by molar-refractivity contribution is 6.26. The summed E-state index contributed by atoms with van der Waals surface area (Å²) in [6, 6.07) is 0. The first kappa shape index (κ1) is 12.4. The topological polar surface area (TPSA) is 26.3 Å². The molecule has 0 aliphatic carbocycles. The molecule has 0 aliphatic rings. The molecule has 0 aromatic rings. The van der Waals surface area contributed by atoms with E-state index in [4.69, 9.17) is 11.6 Å². The third-order valence-corrected chi connectivity index (χ3v) is 1.14. The van der Waals surface area contributed by atoms with Crippen LogP contribution in [-0.4, -0.2) is 30.6 Å². The molecule has 8 heteroatoms. The van der Waals surface area contributed by atoms with Gasteiger partial charge < -0.3 is 4.74 Å². The number of hydrogen-bond acceptors (Lipinski definition) is 2. The maximum atomic E-state index is 11.7. The van der Waals surface area contributed by atoms with Gasteiger partial charge in [0.25, 0.3) is 12.5 Å². The second-order valence-electron chi connectivity index (χ2n) is 1.92. The lowest BCUT2D eigenvalue weighted by molar-refractivity contribution is -0.247. The van der Waals surface area contributed by atoms with Crippen LogP contribution in [0.4, 0.5) is 22.0 Å². The van der Waals surface area contributed by atoms with Crippen LogP contribution in [-0.2, 0) is 9.53 Å². The average Bonchev–Trinajstić information content (AvgIpc) is 1.96. The van der Waals surface area contributed by atoms with Crippen molar-refractivity contribution in [3.05, 3.63) is 0 Å². The molecule has 0 saturated carbocycles. The van der Waals surface area contributed by atoms with Gasteiger partial charge in [0.2, 0.25) is 0 Å². The van der Waals surface area contributed by atoms with E-state index in [0.717, 1.165) is 0 Å². The molecule has 1 unspecified atom stereocenters. The molecule has 0 aromatic heterocycles. The summed E-state index contributed by atoms with van der Waals surface area (Å²) in [5, 5.41) is 0. The van der Waals surface area contributed by atoms with E-state index in [-0.39, 0.29) is 0 Å². The number of alkyl halides is 6. The van der Waals surface area contributed by atoms with Gasteiger partial charge in [-0.2, -0.15) is 13.2 Å². The Hall–Kier alpha value is -0.590. The highest BCUT2D eigenvalue weighted by Crippen LogP contribution is 2.27. The standard InChI is InChI=1S/C5H4ClF5O2/c6-1-2(12)13-3(4(7)8)5(9,10)11/h3-4H,1H2. The SMILES string of the molecule is O=C(CCl)OC(C(F)F)C(F)(F)F. The van der Waals surface area contributed by atoms with Crippen LogP contribution >= 0.6 is 11.6 Å². The minimum atomic E-state index is -5.28. The fraction of sp³-hybridized carbons (Fsp3) is 0.800. The van der Waals surface area contributed by atoms with E-state index in [0.29, 0.717) is 0 Å². The third-order valence-electron chi connectivity index (χ3n) is 0.919. The number of esters is 1. The Labute approximate surface area is 74.6 Å². The zero-order valence-electron chi connectivity index (χ0n) is 5.95. The molecule has 0 radical (unpaired) electrons. The smallest absolute Gasteiger partial charge is 0.431 e. The van der Waals surface area contributed by atoms with Crippen molar-refractivity contribution in [1.29, 1.82) is 0 Å². The van der Waals surface area contributed by atoms with Crippen molar-refractivity contribution in [2.24, 2.45) is 0 Å². The molecule has 0 fully saturated rings. The first-order chi connectivity index (χ1) is 5.79. The second kappa shape index (κ2) is 4.59. The van der Waals surface area contributed by atoms with Gasteiger partial charge >= 0.3 is 12.1 Å². The Balaban J connectivity index is 4.36. The molecular weight excluding hydrogens is 222 g/mol. The van der Waals surface area contributed by atoms with Gasteiger partial charge in [-0.1, -0.05) is 0 Å². The zero-order chi connectivity index (χ0) is 10.6. The highest BCUT2D eigenvalue weighted by Gasteiger charge is 2.49. The summed E-state index contributed by atoms with van der Waals surface area (Å²) in [7, 11) is 0. The number of halogens is 6. The molecule has 0 N–H and O–H groups in total. The van der Waals surface area contributed by atoms with Gasteiger partial charge in [-0.05, 0) is 0 Å². The second-order valence-corrected chi connectivity index (χ2v) is 2.19. The maximum Gasteiger partial charge on any atom is 0.431 e. The summed E-state index contributed by atoms with van der Waals surface area (Å²) in [6.07, 6.45) is -12.5. The number of ether oxygens (including phenoxy) is 1. The molecule has 78 valence electrons. The van der Waals surface area contributed by atoms with Crippen LogP contribution < -0.4 is 0 Å². The third kappa shape index (κ3) is 4.25. The minimum Gasteiger partial charge on any atom is -0.446 e. The predicted octanol–water partition coefficient (Wildman–Crippen LogP) is 1.96. The lowest BCUT2D eigenvalue weighted by Gasteiger charge is -2.18. The lowest BCUT2D eigenvalue weighted by Crippen LogP contribution is -2.39. The number of rotatable bonds is 3. The molecule has 0 amide bonds. The van der Waals surface area contributed by atoms with Gasteiger partial charge in [0.15, 0.2) is 0 Å². The Morgan fingerprint density at radius 2 is 1.85 bits per heavy atom. The van der Waals surface area contributed by atoms with Gasteiger partial charge in [0.05, 0.1) is 0 Å². The van der Waals surface area contributed by atoms with E-state index in [2.05, 4.69) is 4.74 Å². The van der Waals surface area contributed by atoms with Crippen molar-refractivity contribution in [2.75, 3.05) is 5.88 Å². The monoisotopic (exact) mass is 226 g/mol. The summed E-state index contributed by atoms with van der Waals surface area (Å²) in [4.78, 5) is 10.2. The molecule has 0 rings (SSSR count). The minimum absolute atomic E-state index is 0.903. The molecule has 0 aliphatic heterocycles. The fourth-order valence-corrected chi connectivity index (χ4v) is 0.497. The van der Waals surface area contributed by atoms with Gasteiger partial charge in [0.1, 0.15) is 5.88 Å². The maximum absolute atomic E-state index is 11.7. The predicted molar refractivity (Wildman–Crippen MR) is 32.7 cm³/mol.